The average molecular weight is 2270 g/mol. The molecule has 6 aliphatic rings. The number of benzene rings is 3. The van der Waals surface area contributed by atoms with Gasteiger partial charge in [0.25, 0.3) is 0 Å². The first-order valence-electron chi connectivity index (χ1n) is 48.2. The van der Waals surface area contributed by atoms with Crippen molar-refractivity contribution in [2.45, 2.75) is 271 Å². The molecule has 0 spiro atoms. The number of hydrogen-bond donors (Lipinski definition) is 11. The molecule has 17 unspecified atom stereocenters. The van der Waals surface area contributed by atoms with Crippen LogP contribution < -0.4 is 46.7 Å². The third kappa shape index (κ3) is 33.2. The van der Waals surface area contributed by atoms with Crippen molar-refractivity contribution in [3.05, 3.63) is 115 Å². The first-order valence-corrected chi connectivity index (χ1v) is 55.2. The number of fused-ring (bicyclic) bond motifs is 3. The van der Waals surface area contributed by atoms with E-state index in [9.17, 15) is 78.3 Å². The molecule has 5 heterocycles. The van der Waals surface area contributed by atoms with Crippen molar-refractivity contribution in [1.29, 1.82) is 0 Å². The second kappa shape index (κ2) is 57.9. The number of anilines is 1. The van der Waals surface area contributed by atoms with Crippen LogP contribution in [0.15, 0.2) is 77.5 Å². The molecule has 22 atom stereocenters. The second-order valence-electron chi connectivity index (χ2n) is 36.8. The van der Waals surface area contributed by atoms with Gasteiger partial charge >= 0.3 is 12.2 Å². The Bertz CT molecular complexity index is 5550. The van der Waals surface area contributed by atoms with Gasteiger partial charge in [-0.2, -0.15) is 29.0 Å². The highest BCUT2D eigenvalue weighted by Crippen LogP contribution is 2.50. The number of carbonyl (C=O) groups excluding carboxylic acids is 11. The van der Waals surface area contributed by atoms with Crippen molar-refractivity contribution < 1.29 is 154 Å². The van der Waals surface area contributed by atoms with Gasteiger partial charge in [-0.05, 0) is 137 Å². The summed E-state index contributed by atoms with van der Waals surface area (Å²) < 4.78 is 90.2. The predicted octanol–water partition coefficient (Wildman–Crippen LogP) is 8.13. The second-order valence-corrected chi connectivity index (χ2v) is 44.0. The molecular weight excluding hydrogens is 2140 g/mol. The number of nitrogens with one attached hydrogen (secondary N) is 5. The van der Waals surface area contributed by atoms with Crippen LogP contribution in [0.1, 0.15) is 163 Å². The summed E-state index contributed by atoms with van der Waals surface area (Å²) in [5.74, 6) is 6.70. The number of methoxy groups -OCH3 is 5. The standard InChI is InChI=1S/C101H134IN9O32S5/c1-18-111(76(118)47-104-98(125)136-48-58-26-29-61(30-27-58)106-94(123)60(43-75(103)117)42-70(114)54(4)105-93(122)52(2)40-62(112)32-36-134-38-37-133-35-23-24-69(113)59-28-31-64-65(41-59)108-67(51-145-17)66(107-64)50-144-16)68-49-135-77(45-74(68)128-11)141-90-85(120)82(55(5)138-97(90)140-73-25-21-19-20-22-34-101(127)46-72(116)83(109-99(126)132-15)80(73)63(101)33-39-146-148-100(8,9)10)110-143-78-44-71(115)92(57(7)137-78)147-95(124)79-53(3)81(102)88(91(131-14)87(79)129-12)142-96-86(121)89(130-13)84(119)56(6)139-96/h19-20,26-31,33,41,52,54-57,60,68,71,73-74,77-78,82,84-86,89-90,92,96-97,110,115,119-121,127H,18,23-24,32,35-40,42-51H2,1-17H3,(H2,103,117)(H,104,125)(H,105,122)(H,106,123)(H,109,126)/b20-19-,63-33+/t52-,54+,55?,56?,57?,60+,68?,71?,73+,74?,77?,78?,82?,84?,85?,86?,89?,90?,92?,96?,97?,101+/m1/s1. The molecule has 4 aliphatic heterocycles. The number of aliphatic hydroxyl groups is 5. The zero-order valence-electron chi connectivity index (χ0n) is 85.6. The maximum absolute atomic E-state index is 14.7. The van der Waals surface area contributed by atoms with Gasteiger partial charge in [-0.1, -0.05) is 103 Å². The Kier molecular flexibility index (Phi) is 47.4. The van der Waals surface area contributed by atoms with Crippen LogP contribution in [0.3, 0.4) is 0 Å². The number of hydroxylamine groups is 1. The highest BCUT2D eigenvalue weighted by molar-refractivity contribution is 14.1. The number of thioether (sulfide) groups is 3. The van der Waals surface area contributed by atoms with E-state index in [1.54, 1.807) is 87.1 Å². The molecule has 4 aromatic rings. The zero-order chi connectivity index (χ0) is 108. The molecule has 3 aromatic carbocycles. The summed E-state index contributed by atoms with van der Waals surface area (Å²) in [6.07, 6.45) is -14.3. The summed E-state index contributed by atoms with van der Waals surface area (Å²) in [5.41, 5.74) is 10.8. The third-order valence-corrected chi connectivity index (χ3v) is 31.9. The van der Waals surface area contributed by atoms with Crippen molar-refractivity contribution in [3.8, 4) is 40.9 Å². The maximum Gasteiger partial charge on any atom is 0.411 e. The molecule has 10 rings (SSSR count). The van der Waals surface area contributed by atoms with E-state index in [0.717, 1.165) is 47.3 Å². The minimum absolute atomic E-state index is 0.0161. The average Bonchev–Trinajstić information content (AvgIpc) is 0.754. The number of nitrogens with two attached hydrogens (primary N) is 1. The van der Waals surface area contributed by atoms with E-state index in [-0.39, 0.29) is 139 Å². The monoisotopic (exact) mass is 2270 g/mol. The number of allylic oxidation sites excluding steroid dienone is 3. The van der Waals surface area contributed by atoms with Crippen molar-refractivity contribution >= 4 is 160 Å². The molecule has 12 N–H and O–H groups in total. The quantitative estimate of drug-likeness (QED) is 0.00496. The SMILES string of the molecule is CCN(C(=O)CNC(=O)OCc1ccc(NC(=O)[C@H](CC(N)=O)CC(=O)[C@H](C)NC(=O)[C@H](C)CC(=O)CCOCCOCCCC(=O)c2ccc3nc(CSC)c(CSC)nc3c2)cc1)C1COC(OC2C(O[C@H]3C#C/C=C\C#C[C@]4(O)CC(=O)C(NC(=O)OC)=C3/C4=C\CSSC(C)(C)C)OC(C)C(NOC3CC(O)C(SC(=O)c4c(C)c(I)c(OC5OC(C)C(O)C(OC)C5O)c(OC)c4OC)C(C)O3)C2O)CC1OC. The predicted molar refractivity (Wildman–Crippen MR) is 560 cm³/mol. The number of Topliss-reactive ketones (excluding diaryl/α,β-unsaturated/α-hetero) is 4. The van der Waals surface area contributed by atoms with E-state index in [0.29, 0.717) is 38.8 Å². The number of aliphatic hydroxyl groups excluding tert-OH is 4. The molecular formula is C101H134IN9O32S5. The molecule has 0 saturated carbocycles. The number of aromatic nitrogens is 2. The Hall–Kier alpha value is -8.69. The Morgan fingerprint density at radius 3 is 2.09 bits per heavy atom. The van der Waals surface area contributed by atoms with Crippen LogP contribution >= 0.6 is 79.5 Å². The number of alkyl carbamates (subject to hydrolysis) is 2. The summed E-state index contributed by atoms with van der Waals surface area (Å²) >= 11 is 6.08. The van der Waals surface area contributed by atoms with E-state index in [1.165, 1.54) is 94.4 Å². The summed E-state index contributed by atoms with van der Waals surface area (Å²) in [5, 5.41) is 68.2. The van der Waals surface area contributed by atoms with Crippen LogP contribution in [0.4, 0.5) is 15.3 Å². The number of carbonyl (C=O) groups is 11. The minimum atomic E-state index is -2.19. The van der Waals surface area contributed by atoms with Gasteiger partial charge in [-0.25, -0.2) is 19.6 Å². The van der Waals surface area contributed by atoms with Gasteiger partial charge in [0.05, 0.1) is 151 Å². The van der Waals surface area contributed by atoms with Gasteiger partial charge in [0.15, 0.2) is 53.3 Å². The largest absolute Gasteiger partial charge is 0.492 e. The Morgan fingerprint density at radius 1 is 0.750 bits per heavy atom. The van der Waals surface area contributed by atoms with Gasteiger partial charge < -0.3 is 123 Å². The molecule has 41 nitrogen and oxygen atoms in total. The highest BCUT2D eigenvalue weighted by Gasteiger charge is 2.53. The first-order chi connectivity index (χ1) is 70.5. The van der Waals surface area contributed by atoms with Gasteiger partial charge in [0.2, 0.25) is 40.8 Å². The molecule has 812 valence electrons. The van der Waals surface area contributed by atoms with Crippen LogP contribution in [0.5, 0.6) is 17.2 Å². The van der Waals surface area contributed by atoms with Gasteiger partial charge in [0, 0.05) is 123 Å². The van der Waals surface area contributed by atoms with Crippen LogP contribution in [-0.2, 0) is 113 Å². The van der Waals surface area contributed by atoms with Crippen LogP contribution in [-0.4, -0.2) is 330 Å². The molecule has 2 bridgehead atoms. The van der Waals surface area contributed by atoms with Crippen molar-refractivity contribution in [2.75, 3.05) is 105 Å². The lowest BCUT2D eigenvalue weighted by molar-refractivity contribution is -0.337. The van der Waals surface area contributed by atoms with E-state index in [2.05, 4.69) is 50.4 Å². The molecule has 4 fully saturated rings. The summed E-state index contributed by atoms with van der Waals surface area (Å²) in [4.78, 5) is 166. The number of likely N-dealkylation sites (N-methyl/N-ethyl adjacent to an activating group) is 1. The highest BCUT2D eigenvalue weighted by atomic mass is 127. The number of hydrogen-bond acceptors (Lipinski definition) is 40. The normalized spacial score (nSPS) is 26.0. The topological polar surface area (TPSA) is 552 Å². The van der Waals surface area contributed by atoms with Gasteiger partial charge in [-0.15, -0.1) is 0 Å². The Labute approximate surface area is 894 Å². The van der Waals surface area contributed by atoms with Crippen LogP contribution in [0, 0.1) is 46.0 Å². The van der Waals surface area contributed by atoms with Gasteiger partial charge in [-0.3, -0.25) is 53.3 Å². The maximum atomic E-state index is 14.7. The smallest absolute Gasteiger partial charge is 0.411 e. The third-order valence-electron chi connectivity index (χ3n) is 24.9. The number of halogens is 1. The number of amides is 6. The van der Waals surface area contributed by atoms with E-state index in [1.807, 2.05) is 61.9 Å². The zero-order valence-corrected chi connectivity index (χ0v) is 91.9. The minimum Gasteiger partial charge on any atom is -0.492 e. The van der Waals surface area contributed by atoms with Gasteiger partial charge in [0.1, 0.15) is 55.6 Å². The first kappa shape index (κ1) is 121. The fraction of sp³-hybridized carbons (Fsp3) is 0.594. The van der Waals surface area contributed by atoms with Crippen molar-refractivity contribution in [1.82, 2.24) is 36.3 Å². The Balaban J connectivity index is 0.726. The summed E-state index contributed by atoms with van der Waals surface area (Å²) in [6.45, 7) is 16.9. The fourth-order valence-corrected chi connectivity index (χ4v) is 22.0. The van der Waals surface area contributed by atoms with E-state index in [4.69, 9.17) is 91.6 Å². The fourth-order valence-electron chi connectivity index (χ4n) is 17.1. The molecule has 0 radical (unpaired) electrons. The molecule has 4 saturated heterocycles. The number of ether oxygens (including phenoxy) is 15. The number of rotatable bonds is 51. The summed E-state index contributed by atoms with van der Waals surface area (Å²) in [7, 11) is 9.48. The molecule has 2 aliphatic carbocycles. The number of primary amides is 1. The van der Waals surface area contributed by atoms with Crippen molar-refractivity contribution in [2.24, 2.45) is 17.6 Å². The van der Waals surface area contributed by atoms with E-state index >= 15 is 0 Å². The lowest BCUT2D eigenvalue weighted by Gasteiger charge is -2.47. The molecule has 148 heavy (non-hydrogen) atoms. The van der Waals surface area contributed by atoms with Crippen molar-refractivity contribution in [3.63, 3.8) is 0 Å². The summed E-state index contributed by atoms with van der Waals surface area (Å²) in [6, 6.07) is 8.19. The lowest BCUT2D eigenvalue weighted by atomic mass is 9.75. The number of ketones is 4. The Morgan fingerprint density at radius 2 is 1.44 bits per heavy atom. The molecule has 6 amide bonds. The van der Waals surface area contributed by atoms with E-state index < -0.39 is 211 Å². The molecule has 1 aromatic heterocycles. The van der Waals surface area contributed by atoms with Crippen LogP contribution in [0.2, 0.25) is 0 Å². The number of nitrogens with zero attached hydrogens (tertiary/aromatic N) is 3. The molecule has 47 heteroatoms. The lowest BCUT2D eigenvalue weighted by Crippen LogP contribution is -2.65. The van der Waals surface area contributed by atoms with Crippen LogP contribution in [0.25, 0.3) is 11.0 Å².